The van der Waals surface area contributed by atoms with Gasteiger partial charge in [0.15, 0.2) is 23.0 Å². The number of nitrogens with one attached hydrogen (secondary N) is 1. The molecular weight excluding hydrogens is 490 g/mol. The van der Waals surface area contributed by atoms with Gasteiger partial charge in [-0.3, -0.25) is 4.79 Å². The minimum Gasteiger partial charge on any atom is -0.493 e. The monoisotopic (exact) mass is 517 g/mol. The second-order valence-corrected chi connectivity index (χ2v) is 7.82. The van der Waals surface area contributed by atoms with Crippen molar-refractivity contribution in [2.45, 2.75) is 0 Å². The summed E-state index contributed by atoms with van der Waals surface area (Å²) in [4.78, 5) is 17.3. The molecule has 4 rings (SSSR count). The van der Waals surface area contributed by atoms with Gasteiger partial charge < -0.3 is 33.5 Å². The van der Waals surface area contributed by atoms with E-state index in [0.717, 1.165) is 0 Å². The highest BCUT2D eigenvalue weighted by Crippen LogP contribution is 2.38. The summed E-state index contributed by atoms with van der Waals surface area (Å²) in [6, 6.07) is 16.0. The summed E-state index contributed by atoms with van der Waals surface area (Å²) in [5.41, 5.74) is 2.46. The Morgan fingerprint density at radius 3 is 2.16 bits per heavy atom. The lowest BCUT2D eigenvalue weighted by Crippen LogP contribution is -2.08. The lowest BCUT2D eigenvalue weighted by atomic mass is 10.1. The van der Waals surface area contributed by atoms with Crippen LogP contribution >= 0.6 is 0 Å². The van der Waals surface area contributed by atoms with Gasteiger partial charge in [-0.1, -0.05) is 17.3 Å². The van der Waals surface area contributed by atoms with Crippen molar-refractivity contribution in [1.82, 2.24) is 10.1 Å². The first-order valence-corrected chi connectivity index (χ1v) is 11.5. The smallest absolute Gasteiger partial charge is 0.260 e. The van der Waals surface area contributed by atoms with Gasteiger partial charge in [0.1, 0.15) is 0 Å². The highest BCUT2D eigenvalue weighted by atomic mass is 16.5. The molecule has 0 spiro atoms. The predicted molar refractivity (Wildman–Crippen MR) is 142 cm³/mol. The number of carbonyl (C=O) groups is 1. The maximum absolute atomic E-state index is 12.8. The maximum Gasteiger partial charge on any atom is 0.260 e. The van der Waals surface area contributed by atoms with E-state index in [1.807, 2.05) is 6.07 Å². The molecule has 0 fully saturated rings. The first-order valence-electron chi connectivity index (χ1n) is 11.5. The van der Waals surface area contributed by atoms with Crippen LogP contribution in [0.3, 0.4) is 0 Å². The van der Waals surface area contributed by atoms with E-state index in [-0.39, 0.29) is 11.8 Å². The quantitative estimate of drug-likeness (QED) is 0.287. The number of benzene rings is 3. The van der Waals surface area contributed by atoms with E-state index < -0.39 is 0 Å². The molecule has 0 aliphatic rings. The zero-order chi connectivity index (χ0) is 27.1. The lowest BCUT2D eigenvalue weighted by Gasteiger charge is -2.12. The number of anilines is 1. The van der Waals surface area contributed by atoms with Crippen LogP contribution in [0.4, 0.5) is 5.69 Å². The normalized spacial score (nSPS) is 10.8. The highest BCUT2D eigenvalue weighted by molar-refractivity contribution is 6.04. The van der Waals surface area contributed by atoms with Crippen LogP contribution in [0, 0.1) is 0 Å². The van der Waals surface area contributed by atoms with Crippen molar-refractivity contribution in [3.63, 3.8) is 0 Å². The Labute approximate surface area is 219 Å². The van der Waals surface area contributed by atoms with Crippen LogP contribution in [0.1, 0.15) is 5.56 Å². The summed E-state index contributed by atoms with van der Waals surface area (Å²) in [7, 11) is 7.71. The molecule has 10 heteroatoms. The number of carbonyl (C=O) groups excluding carboxylic acids is 1. The topological polar surface area (TPSA) is 114 Å². The number of methoxy groups -OCH3 is 5. The number of para-hydroxylation sites is 1. The highest BCUT2D eigenvalue weighted by Gasteiger charge is 2.17. The van der Waals surface area contributed by atoms with Gasteiger partial charge >= 0.3 is 0 Å². The summed E-state index contributed by atoms with van der Waals surface area (Å²) in [5.74, 6) is 2.83. The molecule has 0 saturated heterocycles. The number of hydrogen-bond donors (Lipinski definition) is 1. The molecule has 1 heterocycles. The van der Waals surface area contributed by atoms with Crippen LogP contribution in [-0.2, 0) is 4.79 Å². The van der Waals surface area contributed by atoms with Crippen molar-refractivity contribution >= 4 is 17.7 Å². The van der Waals surface area contributed by atoms with Crippen LogP contribution in [-0.4, -0.2) is 51.6 Å². The number of nitrogens with zero attached hydrogens (tertiary/aromatic N) is 2. The van der Waals surface area contributed by atoms with E-state index in [9.17, 15) is 4.79 Å². The largest absolute Gasteiger partial charge is 0.493 e. The molecule has 0 atom stereocenters. The molecule has 1 N–H and O–H groups in total. The van der Waals surface area contributed by atoms with Gasteiger partial charge in [-0.2, -0.15) is 4.98 Å². The molecule has 0 saturated carbocycles. The average molecular weight is 518 g/mol. The molecule has 0 aliphatic carbocycles. The second-order valence-electron chi connectivity index (χ2n) is 7.82. The SMILES string of the molecule is COc1ccc(-c2noc(-c3ccccc3NC(=O)/C=C/c3cc(OC)c(OC)c(OC)c3)n2)cc1OC. The first-order chi connectivity index (χ1) is 18.5. The molecule has 3 aromatic carbocycles. The Morgan fingerprint density at radius 1 is 0.816 bits per heavy atom. The zero-order valence-electron chi connectivity index (χ0n) is 21.6. The van der Waals surface area contributed by atoms with Gasteiger partial charge in [0.25, 0.3) is 5.89 Å². The van der Waals surface area contributed by atoms with Crippen molar-refractivity contribution in [2.75, 3.05) is 40.9 Å². The van der Waals surface area contributed by atoms with E-state index in [1.54, 1.807) is 68.8 Å². The fourth-order valence-electron chi connectivity index (χ4n) is 3.75. The molecule has 0 bridgehead atoms. The molecule has 0 radical (unpaired) electrons. The van der Waals surface area contributed by atoms with Gasteiger partial charge in [-0.15, -0.1) is 0 Å². The van der Waals surface area contributed by atoms with Crippen molar-refractivity contribution in [3.8, 4) is 51.6 Å². The fourth-order valence-corrected chi connectivity index (χ4v) is 3.75. The minimum absolute atomic E-state index is 0.249. The van der Waals surface area contributed by atoms with E-state index in [0.29, 0.717) is 56.9 Å². The van der Waals surface area contributed by atoms with Crippen LogP contribution < -0.4 is 29.0 Å². The lowest BCUT2D eigenvalue weighted by molar-refractivity contribution is -0.111. The van der Waals surface area contributed by atoms with Crippen LogP contribution in [0.2, 0.25) is 0 Å². The van der Waals surface area contributed by atoms with Crippen LogP contribution in [0.25, 0.3) is 28.9 Å². The number of rotatable bonds is 10. The molecule has 1 aromatic heterocycles. The van der Waals surface area contributed by atoms with Gasteiger partial charge in [0, 0.05) is 11.6 Å². The van der Waals surface area contributed by atoms with E-state index in [4.69, 9.17) is 28.2 Å². The van der Waals surface area contributed by atoms with Crippen molar-refractivity contribution in [2.24, 2.45) is 0 Å². The van der Waals surface area contributed by atoms with Gasteiger partial charge in [0.2, 0.25) is 17.5 Å². The van der Waals surface area contributed by atoms with E-state index in [2.05, 4.69) is 15.5 Å². The Morgan fingerprint density at radius 2 is 1.50 bits per heavy atom. The first kappa shape index (κ1) is 26.1. The van der Waals surface area contributed by atoms with Gasteiger partial charge in [-0.05, 0) is 54.1 Å². The average Bonchev–Trinajstić information content (AvgIpc) is 3.45. The van der Waals surface area contributed by atoms with Gasteiger partial charge in [0.05, 0.1) is 46.8 Å². The maximum atomic E-state index is 12.8. The van der Waals surface area contributed by atoms with Crippen LogP contribution in [0.15, 0.2) is 65.2 Å². The molecule has 196 valence electrons. The summed E-state index contributed by atoms with van der Waals surface area (Å²) >= 11 is 0. The second kappa shape index (κ2) is 11.8. The summed E-state index contributed by atoms with van der Waals surface area (Å²) in [6.45, 7) is 0. The third-order valence-corrected chi connectivity index (χ3v) is 5.60. The predicted octanol–water partition coefficient (Wildman–Crippen LogP) is 5.10. The minimum atomic E-state index is -0.356. The van der Waals surface area contributed by atoms with Gasteiger partial charge in [-0.25, -0.2) is 0 Å². The number of ether oxygens (including phenoxy) is 5. The van der Waals surface area contributed by atoms with Crippen molar-refractivity contribution in [1.29, 1.82) is 0 Å². The zero-order valence-corrected chi connectivity index (χ0v) is 21.6. The number of hydrogen-bond acceptors (Lipinski definition) is 9. The van der Waals surface area contributed by atoms with Crippen LogP contribution in [0.5, 0.6) is 28.7 Å². The van der Waals surface area contributed by atoms with E-state index >= 15 is 0 Å². The molecule has 0 aliphatic heterocycles. The Hall–Kier alpha value is -4.99. The standard InChI is InChI=1S/C28H27N3O7/c1-33-21-12-11-18(16-22(21)34-2)27-30-28(38-31-27)19-8-6-7-9-20(19)29-25(32)13-10-17-14-23(35-3)26(37-5)24(15-17)36-4/h6-16H,1-5H3,(H,29,32)/b13-10+. The third kappa shape index (κ3) is 5.54. The number of amides is 1. The fraction of sp³-hybridized carbons (Fsp3) is 0.179. The van der Waals surface area contributed by atoms with E-state index in [1.165, 1.54) is 27.4 Å². The molecule has 0 unspecified atom stereocenters. The van der Waals surface area contributed by atoms with Crippen molar-refractivity contribution < 1.29 is 33.0 Å². The van der Waals surface area contributed by atoms with Crippen molar-refractivity contribution in [3.05, 3.63) is 66.2 Å². The molecule has 4 aromatic rings. The Kier molecular flexibility index (Phi) is 8.12. The Balaban J connectivity index is 1.55. The summed E-state index contributed by atoms with van der Waals surface area (Å²) in [5, 5.41) is 6.96. The molecule has 38 heavy (non-hydrogen) atoms. The molecule has 10 nitrogen and oxygen atoms in total. The Bertz CT molecular complexity index is 1440. The summed E-state index contributed by atoms with van der Waals surface area (Å²) in [6.07, 6.45) is 3.05. The molecule has 1 amide bonds. The summed E-state index contributed by atoms with van der Waals surface area (Å²) < 4.78 is 32.2. The number of aromatic nitrogens is 2. The molecular formula is C28H27N3O7. The third-order valence-electron chi connectivity index (χ3n) is 5.60.